The molecular weight excluding hydrogens is 548 g/mol. The van der Waals surface area contributed by atoms with E-state index < -0.39 is 0 Å². The third-order valence-electron chi connectivity index (χ3n) is 3.90. The number of aliphatic hydroxyl groups is 4. The van der Waals surface area contributed by atoms with Crippen LogP contribution in [0.2, 0.25) is 0 Å². The van der Waals surface area contributed by atoms with Gasteiger partial charge in [-0.3, -0.25) is 0 Å². The number of aliphatic hydroxyl groups excluding tert-OH is 4. The molecule has 32 heavy (non-hydrogen) atoms. The van der Waals surface area contributed by atoms with Crippen molar-refractivity contribution >= 4 is 0 Å². The van der Waals surface area contributed by atoms with Crippen LogP contribution in [0.1, 0.15) is 67.2 Å². The van der Waals surface area contributed by atoms with E-state index in [2.05, 4.69) is 41.5 Å². The Bertz CT molecular complexity index is 187. The van der Waals surface area contributed by atoms with Crippen molar-refractivity contribution in [1.82, 2.24) is 0 Å². The van der Waals surface area contributed by atoms with Crippen LogP contribution in [-0.2, 0) is 9.47 Å². The molecule has 10 heteroatoms. The Morgan fingerprint density at radius 2 is 0.688 bits per heavy atom. The molecule has 0 saturated carbocycles. The molecule has 0 unspecified atom stereocenters. The van der Waals surface area contributed by atoms with Crippen molar-refractivity contribution in [3.05, 3.63) is 0 Å². The number of quaternary nitrogens is 2. The van der Waals surface area contributed by atoms with Crippen LogP contribution in [0.15, 0.2) is 0 Å². The zero-order chi connectivity index (χ0) is 25.1. The number of nitrogens with one attached hydrogen (secondary N) is 2. The summed E-state index contributed by atoms with van der Waals surface area (Å²) in [6.07, 6.45) is 4.85. The molecule has 0 atom stereocenters. The second-order valence-electron chi connectivity index (χ2n) is 5.73. The van der Waals surface area contributed by atoms with Gasteiger partial charge in [-0.1, -0.05) is 26.7 Å². The lowest BCUT2D eigenvalue weighted by atomic mass is 10.4. The van der Waals surface area contributed by atoms with E-state index in [1.54, 1.807) is 0 Å². The fourth-order valence-corrected chi connectivity index (χ4v) is 1.83. The summed E-state index contributed by atoms with van der Waals surface area (Å²) >= 11 is 0. The molecule has 0 aromatic heterocycles. The average molecular weight is 609 g/mol. The molecule has 0 fully saturated rings. The van der Waals surface area contributed by atoms with Gasteiger partial charge in [-0.25, -0.2) is 0 Å². The van der Waals surface area contributed by atoms with E-state index in [-0.39, 0.29) is 34.0 Å². The molecule has 0 saturated heterocycles. The van der Waals surface area contributed by atoms with Crippen molar-refractivity contribution in [3.8, 4) is 0 Å². The number of unbranched alkanes of at least 4 members (excludes halogenated alkanes) is 2. The quantitative estimate of drug-likeness (QED) is 0.0867. The van der Waals surface area contributed by atoms with Gasteiger partial charge in [-0.05, 0) is 40.5 Å². The maximum atomic E-state index is 7.00. The van der Waals surface area contributed by atoms with E-state index in [0.717, 1.165) is 55.1 Å². The van der Waals surface area contributed by atoms with Crippen LogP contribution < -0.4 is 43.8 Å². The van der Waals surface area contributed by atoms with Crippen molar-refractivity contribution in [1.29, 1.82) is 0 Å². The average Bonchev–Trinajstić information content (AvgIpc) is 2.85. The summed E-state index contributed by atoms with van der Waals surface area (Å²) in [7, 11) is 4.00. The molecule has 0 aliphatic carbocycles. The lowest BCUT2D eigenvalue weighted by Gasteiger charge is -2.14. The lowest BCUT2D eigenvalue weighted by Crippen LogP contribution is -3.11. The molecule has 0 aromatic carbocycles. The van der Waals surface area contributed by atoms with Gasteiger partial charge in [0.1, 0.15) is 0 Å². The van der Waals surface area contributed by atoms with E-state index in [9.17, 15) is 0 Å². The zero-order valence-electron chi connectivity index (χ0n) is 22.8. The van der Waals surface area contributed by atoms with Crippen LogP contribution in [0.5, 0.6) is 0 Å². The fraction of sp³-hybridized carbons (Fsp3) is 1.00. The molecule has 8 nitrogen and oxygen atoms in total. The predicted molar refractivity (Wildman–Crippen MR) is 128 cm³/mol. The Morgan fingerprint density at radius 3 is 0.844 bits per heavy atom. The van der Waals surface area contributed by atoms with Crippen molar-refractivity contribution < 1.29 is 73.7 Å². The summed E-state index contributed by atoms with van der Waals surface area (Å²) < 4.78 is 11.0. The van der Waals surface area contributed by atoms with Gasteiger partial charge in [0.25, 0.3) is 0 Å². The van der Waals surface area contributed by atoms with E-state index in [1.807, 2.05) is 0 Å². The van der Waals surface area contributed by atoms with Crippen molar-refractivity contribution in [2.24, 2.45) is 0 Å². The van der Waals surface area contributed by atoms with Crippen molar-refractivity contribution in [2.75, 3.05) is 81.3 Å². The minimum atomic E-state index is 0. The van der Waals surface area contributed by atoms with Crippen LogP contribution in [0.25, 0.3) is 0 Å². The maximum absolute atomic E-state index is 7.00. The summed E-state index contributed by atoms with van der Waals surface area (Å²) in [5.74, 6) is 0. The first-order valence-electron chi connectivity index (χ1n) is 11.3. The molecule has 0 heterocycles. The van der Waals surface area contributed by atoms with Crippen LogP contribution in [0.4, 0.5) is 0 Å². The highest BCUT2D eigenvalue weighted by Crippen LogP contribution is 1.85. The highest BCUT2D eigenvalue weighted by Gasteiger charge is 2.00. The molecule has 6 N–H and O–H groups in total. The minimum absolute atomic E-state index is 0. The topological polar surface area (TPSA) is 108 Å². The third-order valence-corrected chi connectivity index (χ3v) is 3.90. The van der Waals surface area contributed by atoms with Gasteiger partial charge in [0.05, 0.1) is 39.4 Å². The molecule has 0 aliphatic rings. The number of hydrogen-bond acceptors (Lipinski definition) is 6. The predicted octanol–water partition coefficient (Wildman–Crippen LogP) is -6.19. The standard InChI is InChI=1S/2C9H21NO.4CH4O.2BrH/c2*1-4-7-8-11-9-10(5-2)6-3;4*1-2;;/h2*4-9H2,1-3H3;4*2H,1H3;2*1H. The molecule has 0 radical (unpaired) electrons. The molecular formula is C22H60Br2N2O6. The van der Waals surface area contributed by atoms with E-state index in [4.69, 9.17) is 29.9 Å². The van der Waals surface area contributed by atoms with E-state index in [1.165, 1.54) is 61.7 Å². The first-order valence-corrected chi connectivity index (χ1v) is 11.3. The Hall–Kier alpha value is 0.640. The summed E-state index contributed by atoms with van der Waals surface area (Å²) in [5.41, 5.74) is 0. The molecule has 0 aromatic rings. The van der Waals surface area contributed by atoms with Gasteiger partial charge in [-0.15, -0.1) is 0 Å². The van der Waals surface area contributed by atoms with Crippen LogP contribution >= 0.6 is 0 Å². The number of rotatable bonds is 14. The second-order valence-corrected chi connectivity index (χ2v) is 5.73. The highest BCUT2D eigenvalue weighted by atomic mass is 79.9. The Labute approximate surface area is 221 Å². The van der Waals surface area contributed by atoms with E-state index >= 15 is 0 Å². The Kier molecular flexibility index (Phi) is 117. The largest absolute Gasteiger partial charge is 1.00 e. The van der Waals surface area contributed by atoms with Gasteiger partial charge in [-0.2, -0.15) is 0 Å². The minimum Gasteiger partial charge on any atom is -1.00 e. The zero-order valence-corrected chi connectivity index (χ0v) is 26.0. The van der Waals surface area contributed by atoms with Gasteiger partial charge >= 0.3 is 0 Å². The lowest BCUT2D eigenvalue weighted by molar-refractivity contribution is -0.916. The third kappa shape index (κ3) is 63.2. The van der Waals surface area contributed by atoms with Gasteiger partial charge in [0, 0.05) is 28.4 Å². The molecule has 208 valence electrons. The summed E-state index contributed by atoms with van der Waals surface area (Å²) in [4.78, 5) is 3.06. The van der Waals surface area contributed by atoms with E-state index in [0.29, 0.717) is 0 Å². The van der Waals surface area contributed by atoms with Gasteiger partial charge in [0.2, 0.25) is 0 Å². The highest BCUT2D eigenvalue weighted by molar-refractivity contribution is 4.28. The van der Waals surface area contributed by atoms with Gasteiger partial charge < -0.3 is 73.7 Å². The van der Waals surface area contributed by atoms with Crippen molar-refractivity contribution in [3.63, 3.8) is 0 Å². The molecule has 0 aliphatic heterocycles. The molecule has 0 bridgehead atoms. The van der Waals surface area contributed by atoms with Crippen LogP contribution in [-0.4, -0.2) is 102 Å². The first kappa shape index (κ1) is 53.8. The van der Waals surface area contributed by atoms with Gasteiger partial charge in [0.15, 0.2) is 13.5 Å². The normalized spacial score (nSPS) is 8.25. The van der Waals surface area contributed by atoms with Crippen LogP contribution in [0, 0.1) is 0 Å². The Balaban J connectivity index is -0.0000000434. The number of hydrogen-bond donors (Lipinski definition) is 6. The van der Waals surface area contributed by atoms with Crippen molar-refractivity contribution in [2.45, 2.75) is 67.2 Å². The Morgan fingerprint density at radius 1 is 0.469 bits per heavy atom. The monoisotopic (exact) mass is 606 g/mol. The second kappa shape index (κ2) is 69.7. The van der Waals surface area contributed by atoms with Crippen LogP contribution in [0.3, 0.4) is 0 Å². The SMILES string of the molecule is CCCCOC[NH+](CC)CC.CCCCOC[NH+](CC)CC.CO.CO.CO.CO.[Br-].[Br-]. The summed E-state index contributed by atoms with van der Waals surface area (Å²) in [6, 6.07) is 0. The summed E-state index contributed by atoms with van der Waals surface area (Å²) in [6.45, 7) is 21.5. The molecule has 0 amide bonds. The maximum Gasteiger partial charge on any atom is 0.181 e. The number of ether oxygens (including phenoxy) is 2. The number of halogens is 2. The molecule has 0 rings (SSSR count). The fourth-order valence-electron chi connectivity index (χ4n) is 1.83. The molecule has 0 spiro atoms. The summed E-state index contributed by atoms with van der Waals surface area (Å²) in [5, 5.41) is 28.0. The first-order chi connectivity index (χ1) is 14.7. The smallest absolute Gasteiger partial charge is 0.181 e.